The van der Waals surface area contributed by atoms with E-state index in [2.05, 4.69) is 10.3 Å². The minimum Gasteiger partial charge on any atom is -0.493 e. The van der Waals surface area contributed by atoms with Gasteiger partial charge in [-0.05, 0) is 42.5 Å². The van der Waals surface area contributed by atoms with E-state index in [4.69, 9.17) is 32.8 Å². The molecule has 188 valence electrons. The molecule has 0 radical (unpaired) electrons. The Hall–Kier alpha value is -4.60. The van der Waals surface area contributed by atoms with E-state index in [-0.39, 0.29) is 5.91 Å². The van der Waals surface area contributed by atoms with Crippen LogP contribution in [0.4, 0.5) is 5.69 Å². The third-order valence-electron chi connectivity index (χ3n) is 5.48. The van der Waals surface area contributed by atoms with Crippen LogP contribution in [0.5, 0.6) is 34.5 Å². The van der Waals surface area contributed by atoms with Crippen molar-refractivity contribution in [3.8, 4) is 46.0 Å². The molecule has 10 nitrogen and oxygen atoms in total. The number of nitrogens with zero attached hydrogens (tertiary/aromatic N) is 1. The first-order valence-corrected chi connectivity index (χ1v) is 10.8. The van der Waals surface area contributed by atoms with E-state index >= 15 is 0 Å². The molecule has 0 atom stereocenters. The van der Waals surface area contributed by atoms with Gasteiger partial charge in [-0.25, -0.2) is 4.98 Å². The SMILES string of the molecule is COc1cc(C(=O)Nc2ccc3oc(-c4cc(OC)c(OC)c(OC)c4)nc3c2)cc(OC)c1OC. The van der Waals surface area contributed by atoms with Gasteiger partial charge < -0.3 is 38.2 Å². The quantitative estimate of drug-likeness (QED) is 0.351. The van der Waals surface area contributed by atoms with Crippen LogP contribution in [0.15, 0.2) is 46.9 Å². The molecule has 3 aromatic carbocycles. The van der Waals surface area contributed by atoms with Gasteiger partial charge in [0.15, 0.2) is 28.6 Å². The summed E-state index contributed by atoms with van der Waals surface area (Å²) in [7, 11) is 9.09. The molecule has 4 aromatic rings. The van der Waals surface area contributed by atoms with E-state index < -0.39 is 0 Å². The number of anilines is 1. The minimum atomic E-state index is -0.359. The maximum Gasteiger partial charge on any atom is 0.255 e. The van der Waals surface area contributed by atoms with Gasteiger partial charge in [-0.1, -0.05) is 0 Å². The third-order valence-corrected chi connectivity index (χ3v) is 5.48. The average Bonchev–Trinajstić information content (AvgIpc) is 3.34. The summed E-state index contributed by atoms with van der Waals surface area (Å²) in [6, 6.07) is 11.8. The standard InChI is InChI=1S/C26H26N2O8/c1-30-19-9-14(10-20(31-2)23(19)34-5)25(29)27-16-7-8-18-17(13-16)28-26(36-18)15-11-21(32-3)24(35-6)22(12-15)33-4/h7-13H,1-6H3,(H,27,29). The Balaban J connectivity index is 1.64. The maximum atomic E-state index is 13.0. The van der Waals surface area contributed by atoms with Gasteiger partial charge in [0.05, 0.1) is 42.7 Å². The lowest BCUT2D eigenvalue weighted by atomic mass is 10.1. The Bertz CT molecular complexity index is 1360. The normalized spacial score (nSPS) is 10.6. The summed E-state index contributed by atoms with van der Waals surface area (Å²) in [5.74, 6) is 2.59. The van der Waals surface area contributed by atoms with Crippen molar-refractivity contribution in [1.29, 1.82) is 0 Å². The molecule has 0 bridgehead atoms. The molecule has 36 heavy (non-hydrogen) atoms. The summed E-state index contributed by atoms with van der Waals surface area (Å²) in [6.07, 6.45) is 0. The lowest BCUT2D eigenvalue weighted by Crippen LogP contribution is -2.12. The monoisotopic (exact) mass is 494 g/mol. The third kappa shape index (κ3) is 4.52. The van der Waals surface area contributed by atoms with Gasteiger partial charge in [0.1, 0.15) is 5.52 Å². The Labute approximate surface area is 207 Å². The van der Waals surface area contributed by atoms with Gasteiger partial charge in [-0.2, -0.15) is 0 Å². The van der Waals surface area contributed by atoms with Crippen LogP contribution in [0.3, 0.4) is 0 Å². The highest BCUT2D eigenvalue weighted by molar-refractivity contribution is 6.05. The van der Waals surface area contributed by atoms with Gasteiger partial charge in [0, 0.05) is 16.8 Å². The highest BCUT2D eigenvalue weighted by Crippen LogP contribution is 2.42. The Kier molecular flexibility index (Phi) is 7.05. The van der Waals surface area contributed by atoms with E-state index in [0.29, 0.717) is 68.3 Å². The zero-order valence-electron chi connectivity index (χ0n) is 20.8. The molecule has 10 heteroatoms. The number of aromatic nitrogens is 1. The van der Waals surface area contributed by atoms with Gasteiger partial charge in [-0.3, -0.25) is 4.79 Å². The molecular formula is C26H26N2O8. The summed E-state index contributed by atoms with van der Waals surface area (Å²) in [5.41, 5.74) is 2.61. The highest BCUT2D eigenvalue weighted by Gasteiger charge is 2.19. The van der Waals surface area contributed by atoms with Gasteiger partial charge >= 0.3 is 0 Å². The van der Waals surface area contributed by atoms with E-state index in [1.807, 2.05) is 0 Å². The van der Waals surface area contributed by atoms with Gasteiger partial charge in [0.25, 0.3) is 5.91 Å². The number of fused-ring (bicyclic) bond motifs is 1. The van der Waals surface area contributed by atoms with Crippen molar-refractivity contribution in [3.05, 3.63) is 48.0 Å². The summed E-state index contributed by atoms with van der Waals surface area (Å²) < 4.78 is 38.1. The van der Waals surface area contributed by atoms with Crippen LogP contribution in [-0.4, -0.2) is 53.5 Å². The van der Waals surface area contributed by atoms with Crippen LogP contribution in [0, 0.1) is 0 Å². The Morgan fingerprint density at radius 3 is 1.75 bits per heavy atom. The summed E-state index contributed by atoms with van der Waals surface area (Å²) >= 11 is 0. The number of hydrogen-bond donors (Lipinski definition) is 1. The second-order valence-corrected chi connectivity index (χ2v) is 7.48. The number of methoxy groups -OCH3 is 6. The van der Waals surface area contributed by atoms with Crippen molar-refractivity contribution < 1.29 is 37.6 Å². The fourth-order valence-electron chi connectivity index (χ4n) is 3.75. The van der Waals surface area contributed by atoms with Crippen molar-refractivity contribution in [2.45, 2.75) is 0 Å². The zero-order valence-corrected chi connectivity index (χ0v) is 20.8. The minimum absolute atomic E-state index is 0.336. The van der Waals surface area contributed by atoms with Gasteiger partial charge in [0.2, 0.25) is 17.4 Å². The van der Waals surface area contributed by atoms with E-state index in [9.17, 15) is 4.79 Å². The van der Waals surface area contributed by atoms with Crippen molar-refractivity contribution in [3.63, 3.8) is 0 Å². The fourth-order valence-corrected chi connectivity index (χ4v) is 3.75. The average molecular weight is 495 g/mol. The number of rotatable bonds is 9. The van der Waals surface area contributed by atoms with E-state index in [0.717, 1.165) is 0 Å². The molecule has 0 aliphatic carbocycles. The molecule has 0 aliphatic heterocycles. The van der Waals surface area contributed by atoms with Crippen molar-refractivity contribution in [2.24, 2.45) is 0 Å². The van der Waals surface area contributed by atoms with Crippen LogP contribution in [0.1, 0.15) is 10.4 Å². The first kappa shape index (κ1) is 24.5. The molecule has 1 aromatic heterocycles. The number of carbonyl (C=O) groups excluding carboxylic acids is 1. The molecule has 4 rings (SSSR count). The highest BCUT2D eigenvalue weighted by atomic mass is 16.5. The molecule has 0 saturated heterocycles. The Morgan fingerprint density at radius 2 is 1.25 bits per heavy atom. The predicted molar refractivity (Wildman–Crippen MR) is 133 cm³/mol. The number of hydrogen-bond acceptors (Lipinski definition) is 9. The predicted octanol–water partition coefficient (Wildman–Crippen LogP) is 4.80. The van der Waals surface area contributed by atoms with Crippen molar-refractivity contribution >= 4 is 22.7 Å². The van der Waals surface area contributed by atoms with Crippen LogP contribution >= 0.6 is 0 Å². The number of nitrogens with one attached hydrogen (secondary N) is 1. The summed E-state index contributed by atoms with van der Waals surface area (Å²) in [4.78, 5) is 17.5. The molecule has 0 fully saturated rings. The molecule has 1 N–H and O–H groups in total. The number of carbonyl (C=O) groups is 1. The van der Waals surface area contributed by atoms with E-state index in [1.54, 1.807) is 42.5 Å². The largest absolute Gasteiger partial charge is 0.493 e. The second-order valence-electron chi connectivity index (χ2n) is 7.48. The van der Waals surface area contributed by atoms with Gasteiger partial charge in [-0.15, -0.1) is 0 Å². The molecule has 1 amide bonds. The molecule has 0 spiro atoms. The lowest BCUT2D eigenvalue weighted by molar-refractivity contribution is 0.102. The first-order valence-electron chi connectivity index (χ1n) is 10.8. The number of amides is 1. The van der Waals surface area contributed by atoms with Crippen LogP contribution < -0.4 is 33.7 Å². The molecule has 1 heterocycles. The molecular weight excluding hydrogens is 468 g/mol. The molecule has 0 aliphatic rings. The Morgan fingerprint density at radius 1 is 0.722 bits per heavy atom. The van der Waals surface area contributed by atoms with Crippen LogP contribution in [0.2, 0.25) is 0 Å². The lowest BCUT2D eigenvalue weighted by Gasteiger charge is -2.14. The maximum absolute atomic E-state index is 13.0. The van der Waals surface area contributed by atoms with E-state index in [1.165, 1.54) is 42.7 Å². The van der Waals surface area contributed by atoms with Crippen molar-refractivity contribution in [1.82, 2.24) is 4.98 Å². The van der Waals surface area contributed by atoms with Crippen LogP contribution in [-0.2, 0) is 0 Å². The first-order chi connectivity index (χ1) is 17.5. The number of oxazole rings is 1. The fraction of sp³-hybridized carbons (Fsp3) is 0.231. The summed E-state index contributed by atoms with van der Waals surface area (Å²) in [6.45, 7) is 0. The number of ether oxygens (including phenoxy) is 6. The topological polar surface area (TPSA) is 111 Å². The van der Waals surface area contributed by atoms with Crippen molar-refractivity contribution in [2.75, 3.05) is 48.0 Å². The second kappa shape index (κ2) is 10.3. The summed E-state index contributed by atoms with van der Waals surface area (Å²) in [5, 5.41) is 2.86. The smallest absolute Gasteiger partial charge is 0.255 e. The molecule has 0 saturated carbocycles. The van der Waals surface area contributed by atoms with Crippen LogP contribution in [0.25, 0.3) is 22.6 Å². The molecule has 0 unspecified atom stereocenters. The number of benzene rings is 3. The zero-order chi connectivity index (χ0) is 25.8.